The van der Waals surface area contributed by atoms with Crippen LogP contribution in [0.5, 0.6) is 0 Å². The van der Waals surface area contributed by atoms with Crippen molar-refractivity contribution in [3.05, 3.63) is 59.9 Å². The molecular formula is C24H25N3O4. The molecule has 1 amide bonds. The number of nitrogens with zero attached hydrogens (tertiary/aromatic N) is 2. The predicted molar refractivity (Wildman–Crippen MR) is 120 cm³/mol. The first-order valence-electron chi connectivity index (χ1n) is 9.84. The molecule has 0 saturated heterocycles. The third kappa shape index (κ3) is 4.94. The molecular weight excluding hydrogens is 394 g/mol. The number of aliphatic hydroxyl groups excluding tert-OH is 2. The Hall–Kier alpha value is -3.60. The molecule has 0 radical (unpaired) electrons. The van der Waals surface area contributed by atoms with E-state index in [1.165, 1.54) is 0 Å². The van der Waals surface area contributed by atoms with Crippen LogP contribution in [0.2, 0.25) is 0 Å². The molecule has 2 aromatic carbocycles. The van der Waals surface area contributed by atoms with Crippen LogP contribution in [0.15, 0.2) is 58.5 Å². The second-order valence-corrected chi connectivity index (χ2v) is 7.46. The monoisotopic (exact) mass is 419 g/mol. The lowest BCUT2D eigenvalue weighted by molar-refractivity contribution is -0.117. The number of carbonyl (C=O) groups is 1. The van der Waals surface area contributed by atoms with Gasteiger partial charge in [0, 0.05) is 37.5 Å². The van der Waals surface area contributed by atoms with Gasteiger partial charge in [0.05, 0.1) is 12.7 Å². The highest BCUT2D eigenvalue weighted by atomic mass is 16.3. The average Bonchev–Trinajstić information content (AvgIpc) is 3.27. The van der Waals surface area contributed by atoms with Gasteiger partial charge in [0.2, 0.25) is 0 Å². The molecule has 1 aromatic heterocycles. The Morgan fingerprint density at radius 3 is 2.55 bits per heavy atom. The van der Waals surface area contributed by atoms with E-state index < -0.39 is 18.6 Å². The molecule has 0 aliphatic rings. The second kappa shape index (κ2) is 9.47. The molecule has 0 aliphatic carbocycles. The van der Waals surface area contributed by atoms with Crippen LogP contribution < -0.4 is 10.2 Å². The maximum atomic E-state index is 12.3. The number of carbonyl (C=O) groups excluding carboxylic acids is 1. The Kier molecular flexibility index (Phi) is 6.75. The SMILES string of the molecule is CC(=C(C#N)C(=O)NCC(O)CO)c1ccc(-c2ccc3cc(N(C)C)ccc3c2)o1. The average molecular weight is 419 g/mol. The van der Waals surface area contributed by atoms with Crippen LogP contribution in [0.4, 0.5) is 5.69 Å². The minimum absolute atomic E-state index is 0.110. The molecule has 0 fully saturated rings. The van der Waals surface area contributed by atoms with Crippen molar-refractivity contribution < 1.29 is 19.4 Å². The summed E-state index contributed by atoms with van der Waals surface area (Å²) < 4.78 is 5.94. The number of aliphatic hydroxyl groups is 2. The number of nitrogens with one attached hydrogen (secondary N) is 1. The highest BCUT2D eigenvalue weighted by Gasteiger charge is 2.17. The number of anilines is 1. The van der Waals surface area contributed by atoms with E-state index in [0.29, 0.717) is 17.1 Å². The van der Waals surface area contributed by atoms with E-state index in [1.807, 2.05) is 38.4 Å². The van der Waals surface area contributed by atoms with Crippen molar-refractivity contribution in [2.24, 2.45) is 0 Å². The molecule has 7 nitrogen and oxygen atoms in total. The molecule has 1 atom stereocenters. The van der Waals surface area contributed by atoms with Gasteiger partial charge in [-0.3, -0.25) is 4.79 Å². The second-order valence-electron chi connectivity index (χ2n) is 7.46. The van der Waals surface area contributed by atoms with Crippen molar-refractivity contribution in [3.63, 3.8) is 0 Å². The molecule has 3 rings (SSSR count). The zero-order valence-electron chi connectivity index (χ0n) is 17.7. The van der Waals surface area contributed by atoms with Crippen molar-refractivity contribution in [2.45, 2.75) is 13.0 Å². The zero-order valence-corrected chi connectivity index (χ0v) is 17.7. The Labute approximate surface area is 180 Å². The number of hydrogen-bond acceptors (Lipinski definition) is 6. The number of benzene rings is 2. The topological polar surface area (TPSA) is 110 Å². The first kappa shape index (κ1) is 22.1. The van der Waals surface area contributed by atoms with E-state index in [0.717, 1.165) is 22.0 Å². The molecule has 0 saturated carbocycles. The maximum Gasteiger partial charge on any atom is 0.262 e. The Bertz CT molecular complexity index is 1170. The van der Waals surface area contributed by atoms with Gasteiger partial charge < -0.3 is 24.8 Å². The summed E-state index contributed by atoms with van der Waals surface area (Å²) in [6.07, 6.45) is -1.08. The van der Waals surface area contributed by atoms with Crippen molar-refractivity contribution >= 4 is 27.9 Å². The smallest absolute Gasteiger partial charge is 0.262 e. The quantitative estimate of drug-likeness (QED) is 0.401. The Balaban J connectivity index is 1.87. The van der Waals surface area contributed by atoms with Crippen LogP contribution >= 0.6 is 0 Å². The van der Waals surface area contributed by atoms with Crippen LogP contribution in [-0.4, -0.2) is 49.5 Å². The number of nitriles is 1. The summed E-state index contributed by atoms with van der Waals surface area (Å²) in [6, 6.07) is 17.7. The predicted octanol–water partition coefficient (Wildman–Crippen LogP) is 2.93. The molecule has 3 aromatic rings. The van der Waals surface area contributed by atoms with Gasteiger partial charge in [-0.05, 0) is 48.0 Å². The Morgan fingerprint density at radius 1 is 1.16 bits per heavy atom. The van der Waals surface area contributed by atoms with Crippen LogP contribution in [-0.2, 0) is 4.79 Å². The largest absolute Gasteiger partial charge is 0.456 e. The lowest BCUT2D eigenvalue weighted by atomic mass is 10.0. The van der Waals surface area contributed by atoms with E-state index in [2.05, 4.69) is 28.4 Å². The summed E-state index contributed by atoms with van der Waals surface area (Å²) >= 11 is 0. The minimum Gasteiger partial charge on any atom is -0.456 e. The lowest BCUT2D eigenvalue weighted by Crippen LogP contribution is -2.34. The molecule has 0 bridgehead atoms. The molecule has 31 heavy (non-hydrogen) atoms. The number of rotatable bonds is 7. The lowest BCUT2D eigenvalue weighted by Gasteiger charge is -2.13. The molecule has 160 valence electrons. The molecule has 7 heteroatoms. The fourth-order valence-electron chi connectivity index (χ4n) is 3.15. The number of amides is 1. The van der Waals surface area contributed by atoms with E-state index in [9.17, 15) is 15.2 Å². The minimum atomic E-state index is -1.08. The van der Waals surface area contributed by atoms with Crippen LogP contribution in [0.1, 0.15) is 12.7 Å². The van der Waals surface area contributed by atoms with Crippen molar-refractivity contribution in [3.8, 4) is 17.4 Å². The molecule has 3 N–H and O–H groups in total. The van der Waals surface area contributed by atoms with E-state index in [1.54, 1.807) is 19.1 Å². The first-order chi connectivity index (χ1) is 14.8. The molecule has 1 unspecified atom stereocenters. The van der Waals surface area contributed by atoms with Crippen molar-refractivity contribution in [2.75, 3.05) is 32.1 Å². The van der Waals surface area contributed by atoms with Gasteiger partial charge >= 0.3 is 0 Å². The van der Waals surface area contributed by atoms with E-state index in [4.69, 9.17) is 9.52 Å². The van der Waals surface area contributed by atoms with Crippen LogP contribution in [0, 0.1) is 11.3 Å². The van der Waals surface area contributed by atoms with Crippen LogP contribution in [0.25, 0.3) is 27.7 Å². The number of fused-ring (bicyclic) bond motifs is 1. The van der Waals surface area contributed by atoms with E-state index in [-0.39, 0.29) is 12.1 Å². The summed E-state index contributed by atoms with van der Waals surface area (Å²) in [4.78, 5) is 14.3. The van der Waals surface area contributed by atoms with Crippen molar-refractivity contribution in [1.29, 1.82) is 5.26 Å². The third-order valence-electron chi connectivity index (χ3n) is 5.02. The summed E-state index contributed by atoms with van der Waals surface area (Å²) in [5.74, 6) is 0.404. The van der Waals surface area contributed by atoms with Crippen LogP contribution in [0.3, 0.4) is 0 Å². The van der Waals surface area contributed by atoms with Gasteiger partial charge in [-0.2, -0.15) is 5.26 Å². The van der Waals surface area contributed by atoms with E-state index >= 15 is 0 Å². The normalized spacial score (nSPS) is 12.8. The molecule has 0 spiro atoms. The summed E-state index contributed by atoms with van der Waals surface area (Å²) in [7, 11) is 4.00. The van der Waals surface area contributed by atoms with Gasteiger partial charge in [0.25, 0.3) is 5.91 Å². The van der Waals surface area contributed by atoms with Crippen molar-refractivity contribution in [1.82, 2.24) is 5.32 Å². The zero-order chi connectivity index (χ0) is 22.5. The maximum absolute atomic E-state index is 12.3. The highest BCUT2D eigenvalue weighted by molar-refractivity contribution is 6.04. The Morgan fingerprint density at radius 2 is 1.87 bits per heavy atom. The van der Waals surface area contributed by atoms with Gasteiger partial charge in [-0.15, -0.1) is 0 Å². The summed E-state index contributed by atoms with van der Waals surface area (Å²) in [5, 5.41) is 32.3. The first-order valence-corrected chi connectivity index (χ1v) is 9.84. The fraction of sp³-hybridized carbons (Fsp3) is 0.250. The number of allylic oxidation sites excluding steroid dienone is 1. The van der Waals surface area contributed by atoms with Gasteiger partial charge in [-0.1, -0.05) is 18.2 Å². The summed E-state index contributed by atoms with van der Waals surface area (Å²) in [5.41, 5.74) is 2.29. The standard InChI is InChI=1S/C24H25N3O4/c1-15(21(12-25)24(30)26-13-20(29)14-28)22-8-9-23(31-22)18-5-4-17-11-19(27(2)3)7-6-16(17)10-18/h4-11,20,28-29H,13-14H2,1-3H3,(H,26,30). The summed E-state index contributed by atoms with van der Waals surface area (Å²) in [6.45, 7) is 1.00. The van der Waals surface area contributed by atoms with Gasteiger partial charge in [0.1, 0.15) is 23.2 Å². The van der Waals surface area contributed by atoms with Gasteiger partial charge in [0.15, 0.2) is 0 Å². The number of hydrogen-bond donors (Lipinski definition) is 3. The highest BCUT2D eigenvalue weighted by Crippen LogP contribution is 2.30. The van der Waals surface area contributed by atoms with Gasteiger partial charge in [-0.25, -0.2) is 0 Å². The third-order valence-corrected chi connectivity index (χ3v) is 5.02. The molecule has 1 heterocycles. The molecule has 0 aliphatic heterocycles. The number of furan rings is 1. The fourth-order valence-corrected chi connectivity index (χ4v) is 3.15.